The third kappa shape index (κ3) is 3.01. The van der Waals surface area contributed by atoms with Gasteiger partial charge in [-0.25, -0.2) is 9.07 Å². The molecule has 1 aromatic carbocycles. The van der Waals surface area contributed by atoms with Crippen LogP contribution in [0.15, 0.2) is 64.1 Å². The molecule has 0 saturated heterocycles. The van der Waals surface area contributed by atoms with Gasteiger partial charge in [-0.15, -0.1) is 11.3 Å². The van der Waals surface area contributed by atoms with Crippen molar-refractivity contribution in [1.82, 2.24) is 9.66 Å². The molecule has 22 heavy (non-hydrogen) atoms. The first kappa shape index (κ1) is 14.3. The van der Waals surface area contributed by atoms with E-state index in [1.165, 1.54) is 23.5 Å². The number of halogens is 1. The molecule has 6 heteroatoms. The number of rotatable bonds is 3. The lowest BCUT2D eigenvalue weighted by Gasteiger charge is -2.03. The average molecular weight is 312 g/mol. The van der Waals surface area contributed by atoms with Crippen LogP contribution < -0.4 is 4.80 Å². The van der Waals surface area contributed by atoms with Crippen molar-refractivity contribution in [1.29, 1.82) is 0 Å². The Labute approximate surface area is 130 Å². The van der Waals surface area contributed by atoms with Gasteiger partial charge in [0, 0.05) is 24.2 Å². The lowest BCUT2D eigenvalue weighted by molar-refractivity contribution is 0.628. The van der Waals surface area contributed by atoms with Gasteiger partial charge in [0.15, 0.2) is 0 Å². The maximum absolute atomic E-state index is 13.4. The van der Waals surface area contributed by atoms with E-state index in [1.807, 2.05) is 29.6 Å². The summed E-state index contributed by atoms with van der Waals surface area (Å²) in [7, 11) is 1.70. The van der Waals surface area contributed by atoms with Crippen molar-refractivity contribution in [3.63, 3.8) is 0 Å². The lowest BCUT2D eigenvalue weighted by atomic mass is 10.2. The van der Waals surface area contributed by atoms with Gasteiger partial charge >= 0.3 is 0 Å². The van der Waals surface area contributed by atoms with Crippen LogP contribution in [0.1, 0.15) is 5.69 Å². The Morgan fingerprint density at radius 3 is 2.86 bits per heavy atom. The molecule has 0 unspecified atom stereocenters. The molecule has 0 bridgehead atoms. The number of nitrogens with zero attached hydrogens (tertiary/aromatic N) is 4. The third-order valence-electron chi connectivity index (χ3n) is 2.99. The Bertz CT molecular complexity index is 865. The van der Waals surface area contributed by atoms with Crippen LogP contribution in [0.2, 0.25) is 0 Å². The van der Waals surface area contributed by atoms with Crippen LogP contribution in [0.4, 0.5) is 4.39 Å². The average Bonchev–Trinajstić information content (AvgIpc) is 2.97. The molecule has 3 rings (SSSR count). The highest BCUT2D eigenvalue weighted by molar-refractivity contribution is 7.07. The molecule has 0 aliphatic carbocycles. The fourth-order valence-corrected chi connectivity index (χ4v) is 2.78. The summed E-state index contributed by atoms with van der Waals surface area (Å²) in [5.41, 5.74) is 2.29. The van der Waals surface area contributed by atoms with E-state index >= 15 is 0 Å². The first-order valence-corrected chi connectivity index (χ1v) is 7.50. The van der Waals surface area contributed by atoms with E-state index < -0.39 is 0 Å². The molecule has 0 aliphatic rings. The maximum atomic E-state index is 13.4. The minimum atomic E-state index is -0.279. The first-order valence-electron chi connectivity index (χ1n) is 6.62. The summed E-state index contributed by atoms with van der Waals surface area (Å²) in [5, 5.41) is 6.35. The minimum Gasteiger partial charge on any atom is -0.261 e. The molecular weight excluding hydrogens is 299 g/mol. The van der Waals surface area contributed by atoms with E-state index in [0.717, 1.165) is 21.8 Å². The number of benzene rings is 1. The van der Waals surface area contributed by atoms with Crippen LogP contribution in [0.25, 0.3) is 11.3 Å². The van der Waals surface area contributed by atoms with Gasteiger partial charge < -0.3 is 0 Å². The number of aromatic nitrogens is 2. The molecule has 0 atom stereocenters. The Kier molecular flexibility index (Phi) is 4.20. The molecule has 2 aromatic heterocycles. The SMILES string of the molecule is CN=c1scc(-c2cccc(F)c2)n1/N=C\c1ccccn1. The summed E-state index contributed by atoms with van der Waals surface area (Å²) < 4.78 is 15.1. The second-order valence-corrected chi connectivity index (χ2v) is 5.28. The summed E-state index contributed by atoms with van der Waals surface area (Å²) in [6.07, 6.45) is 3.36. The second kappa shape index (κ2) is 6.44. The van der Waals surface area contributed by atoms with Gasteiger partial charge in [-0.1, -0.05) is 18.2 Å². The van der Waals surface area contributed by atoms with E-state index in [2.05, 4.69) is 15.1 Å². The van der Waals surface area contributed by atoms with Gasteiger partial charge in [0.1, 0.15) is 5.82 Å². The molecule has 0 spiro atoms. The second-order valence-electron chi connectivity index (χ2n) is 4.45. The first-order chi connectivity index (χ1) is 10.8. The van der Waals surface area contributed by atoms with Crippen molar-refractivity contribution < 1.29 is 4.39 Å². The summed E-state index contributed by atoms with van der Waals surface area (Å²) >= 11 is 1.45. The summed E-state index contributed by atoms with van der Waals surface area (Å²) in [6, 6.07) is 12.0. The van der Waals surface area contributed by atoms with Crippen LogP contribution in [-0.2, 0) is 0 Å². The van der Waals surface area contributed by atoms with Gasteiger partial charge in [0.2, 0.25) is 4.80 Å². The monoisotopic (exact) mass is 312 g/mol. The predicted molar refractivity (Wildman–Crippen MR) is 86.4 cm³/mol. The molecule has 4 nitrogen and oxygen atoms in total. The van der Waals surface area contributed by atoms with E-state index in [-0.39, 0.29) is 5.82 Å². The van der Waals surface area contributed by atoms with Gasteiger partial charge in [-0.05, 0) is 24.3 Å². The van der Waals surface area contributed by atoms with Crippen molar-refractivity contribution in [3.05, 3.63) is 70.4 Å². The van der Waals surface area contributed by atoms with Crippen molar-refractivity contribution in [2.45, 2.75) is 0 Å². The van der Waals surface area contributed by atoms with E-state index in [4.69, 9.17) is 0 Å². The predicted octanol–water partition coefficient (Wildman–Crippen LogP) is 3.16. The van der Waals surface area contributed by atoms with E-state index in [0.29, 0.717) is 0 Å². The van der Waals surface area contributed by atoms with Crippen molar-refractivity contribution in [3.8, 4) is 11.3 Å². The molecule has 0 fully saturated rings. The quantitative estimate of drug-likeness (QED) is 0.685. The Balaban J connectivity index is 2.07. The topological polar surface area (TPSA) is 42.5 Å². The third-order valence-corrected chi connectivity index (χ3v) is 3.90. The Hall–Kier alpha value is -2.60. The molecule has 3 aromatic rings. The van der Waals surface area contributed by atoms with E-state index in [9.17, 15) is 4.39 Å². The van der Waals surface area contributed by atoms with Crippen LogP contribution in [0.3, 0.4) is 0 Å². The fourth-order valence-electron chi connectivity index (χ4n) is 1.98. The zero-order valence-corrected chi connectivity index (χ0v) is 12.7. The zero-order chi connectivity index (χ0) is 15.4. The molecular formula is C16H13FN4S. The highest BCUT2D eigenvalue weighted by Gasteiger charge is 2.07. The normalized spacial score (nSPS) is 12.2. The van der Waals surface area contributed by atoms with Crippen LogP contribution in [0.5, 0.6) is 0 Å². The van der Waals surface area contributed by atoms with Crippen molar-refractivity contribution in [2.75, 3.05) is 7.05 Å². The molecule has 110 valence electrons. The molecule has 0 N–H and O–H groups in total. The molecule has 0 aliphatic heterocycles. The summed E-state index contributed by atoms with van der Waals surface area (Å²) in [5.74, 6) is -0.279. The molecule has 0 saturated carbocycles. The van der Waals surface area contributed by atoms with Gasteiger partial charge in [0.05, 0.1) is 17.6 Å². The standard InChI is InChI=1S/C16H13FN4S/c1-18-16-21(20-10-14-7-2-3-8-19-14)15(11-22-16)12-5-4-6-13(17)9-12/h2-11H,1H3/b18-16?,20-10-. The lowest BCUT2D eigenvalue weighted by Crippen LogP contribution is -2.11. The van der Waals surface area contributed by atoms with E-state index in [1.54, 1.807) is 30.2 Å². The summed E-state index contributed by atoms with van der Waals surface area (Å²) in [6.45, 7) is 0. The number of pyridine rings is 1. The number of hydrogen-bond donors (Lipinski definition) is 0. The molecule has 2 heterocycles. The number of thiazole rings is 1. The Morgan fingerprint density at radius 1 is 1.23 bits per heavy atom. The summed E-state index contributed by atoms with van der Waals surface area (Å²) in [4.78, 5) is 9.13. The molecule has 0 radical (unpaired) electrons. The van der Waals surface area contributed by atoms with Crippen LogP contribution >= 0.6 is 11.3 Å². The Morgan fingerprint density at radius 2 is 2.14 bits per heavy atom. The van der Waals surface area contributed by atoms with Crippen LogP contribution in [0, 0.1) is 5.82 Å². The molecule has 0 amide bonds. The highest BCUT2D eigenvalue weighted by Crippen LogP contribution is 2.20. The fraction of sp³-hybridized carbons (Fsp3) is 0.0625. The number of hydrogen-bond acceptors (Lipinski definition) is 4. The van der Waals surface area contributed by atoms with Crippen molar-refractivity contribution >= 4 is 17.6 Å². The zero-order valence-electron chi connectivity index (χ0n) is 11.8. The van der Waals surface area contributed by atoms with Gasteiger partial charge in [-0.2, -0.15) is 5.10 Å². The largest absolute Gasteiger partial charge is 0.261 e. The van der Waals surface area contributed by atoms with Gasteiger partial charge in [0.25, 0.3) is 0 Å². The van der Waals surface area contributed by atoms with Crippen LogP contribution in [-0.4, -0.2) is 22.9 Å². The van der Waals surface area contributed by atoms with Crippen molar-refractivity contribution in [2.24, 2.45) is 10.1 Å². The minimum absolute atomic E-state index is 0.279. The maximum Gasteiger partial charge on any atom is 0.205 e. The smallest absolute Gasteiger partial charge is 0.205 e. The highest BCUT2D eigenvalue weighted by atomic mass is 32.1. The van der Waals surface area contributed by atoms with Gasteiger partial charge in [-0.3, -0.25) is 9.98 Å².